The van der Waals surface area contributed by atoms with Crippen molar-refractivity contribution in [1.29, 1.82) is 0 Å². The Labute approximate surface area is 176 Å². The van der Waals surface area contributed by atoms with Gasteiger partial charge in [0, 0.05) is 12.1 Å². The van der Waals surface area contributed by atoms with Crippen LogP contribution in [0.25, 0.3) is 22.6 Å². The Balaban J connectivity index is 0.00000140. The van der Waals surface area contributed by atoms with E-state index in [9.17, 15) is 4.79 Å². The van der Waals surface area contributed by atoms with Crippen molar-refractivity contribution in [1.82, 2.24) is 15.3 Å². The Kier molecular flexibility index (Phi) is 7.92. The van der Waals surface area contributed by atoms with E-state index < -0.39 is 0 Å². The summed E-state index contributed by atoms with van der Waals surface area (Å²) >= 11 is 0. The Hall–Kier alpha value is -2.02. The highest BCUT2D eigenvalue weighted by Gasteiger charge is 2.22. The van der Waals surface area contributed by atoms with E-state index in [0.29, 0.717) is 29.8 Å². The highest BCUT2D eigenvalue weighted by molar-refractivity contribution is 5.93. The summed E-state index contributed by atoms with van der Waals surface area (Å²) in [5.74, 6) is 2.49. The molecule has 1 saturated heterocycles. The van der Waals surface area contributed by atoms with Crippen LogP contribution in [0.3, 0.4) is 0 Å². The molecular formula is C20H26Cl2N4O2. The van der Waals surface area contributed by atoms with Crippen LogP contribution >= 0.6 is 24.8 Å². The third-order valence-electron chi connectivity index (χ3n) is 5.22. The number of furan rings is 1. The summed E-state index contributed by atoms with van der Waals surface area (Å²) in [5, 5.41) is 6.40. The first-order valence-corrected chi connectivity index (χ1v) is 9.23. The van der Waals surface area contributed by atoms with Crippen LogP contribution in [0.15, 0.2) is 41.0 Å². The molecule has 1 unspecified atom stereocenters. The number of imidazole rings is 1. The molecular weight excluding hydrogens is 399 g/mol. The van der Waals surface area contributed by atoms with Gasteiger partial charge < -0.3 is 20.0 Å². The molecule has 1 aliphatic rings. The molecule has 152 valence electrons. The van der Waals surface area contributed by atoms with Crippen molar-refractivity contribution in [3.63, 3.8) is 0 Å². The van der Waals surface area contributed by atoms with Gasteiger partial charge in [0.1, 0.15) is 0 Å². The van der Waals surface area contributed by atoms with E-state index in [2.05, 4.69) is 27.5 Å². The monoisotopic (exact) mass is 424 g/mol. The highest BCUT2D eigenvalue weighted by atomic mass is 35.5. The molecule has 1 amide bonds. The lowest BCUT2D eigenvalue weighted by molar-refractivity contribution is -0.117. The Morgan fingerprint density at radius 1 is 1.29 bits per heavy atom. The lowest BCUT2D eigenvalue weighted by atomic mass is 9.84. The number of halogens is 2. The maximum atomic E-state index is 12.4. The molecule has 1 aromatic carbocycles. The zero-order valence-electron chi connectivity index (χ0n) is 15.7. The van der Waals surface area contributed by atoms with Gasteiger partial charge in [-0.1, -0.05) is 6.92 Å². The molecule has 4 rings (SSSR count). The first-order valence-electron chi connectivity index (χ1n) is 9.23. The zero-order valence-corrected chi connectivity index (χ0v) is 17.4. The number of fused-ring (bicyclic) bond motifs is 1. The van der Waals surface area contributed by atoms with Crippen LogP contribution in [0.5, 0.6) is 0 Å². The van der Waals surface area contributed by atoms with Crippen molar-refractivity contribution in [2.45, 2.75) is 26.2 Å². The van der Waals surface area contributed by atoms with Gasteiger partial charge in [0.05, 0.1) is 17.3 Å². The van der Waals surface area contributed by atoms with Crippen molar-refractivity contribution < 1.29 is 9.21 Å². The lowest BCUT2D eigenvalue weighted by Gasteiger charge is -2.27. The normalized spacial score (nSPS) is 15.5. The van der Waals surface area contributed by atoms with E-state index in [0.717, 1.165) is 42.7 Å². The first kappa shape index (κ1) is 22.3. The lowest BCUT2D eigenvalue weighted by Crippen LogP contribution is -2.32. The predicted molar refractivity (Wildman–Crippen MR) is 116 cm³/mol. The molecule has 0 saturated carbocycles. The molecule has 28 heavy (non-hydrogen) atoms. The smallest absolute Gasteiger partial charge is 0.224 e. The number of hydrogen-bond acceptors (Lipinski definition) is 4. The van der Waals surface area contributed by atoms with Crippen molar-refractivity contribution in [2.75, 3.05) is 18.4 Å². The summed E-state index contributed by atoms with van der Waals surface area (Å²) in [6.07, 6.45) is 4.50. The first-order chi connectivity index (χ1) is 12.7. The van der Waals surface area contributed by atoms with Crippen molar-refractivity contribution >= 4 is 47.4 Å². The summed E-state index contributed by atoms with van der Waals surface area (Å²) in [6, 6.07) is 9.41. The third kappa shape index (κ3) is 5.07. The van der Waals surface area contributed by atoms with Crippen molar-refractivity contribution in [3.05, 3.63) is 36.6 Å². The number of benzene rings is 1. The largest absolute Gasteiger partial charge is 0.461 e. The van der Waals surface area contributed by atoms with Gasteiger partial charge in [-0.2, -0.15) is 0 Å². The average Bonchev–Trinajstić information content (AvgIpc) is 3.31. The van der Waals surface area contributed by atoms with Gasteiger partial charge in [-0.25, -0.2) is 4.98 Å². The SMILES string of the molecule is CC(CC(=O)Nc1ccc2nc(-c3ccco3)[nH]c2c1)C1CCNCC1.Cl.Cl. The van der Waals surface area contributed by atoms with Crippen LogP contribution in [0, 0.1) is 11.8 Å². The Bertz CT molecular complexity index is 889. The van der Waals surface area contributed by atoms with Gasteiger partial charge in [-0.3, -0.25) is 4.79 Å². The van der Waals surface area contributed by atoms with Gasteiger partial charge >= 0.3 is 0 Å². The molecule has 8 heteroatoms. The molecule has 1 fully saturated rings. The van der Waals surface area contributed by atoms with E-state index in [-0.39, 0.29) is 30.7 Å². The number of anilines is 1. The molecule has 0 bridgehead atoms. The fourth-order valence-electron chi connectivity index (χ4n) is 3.70. The van der Waals surface area contributed by atoms with E-state index >= 15 is 0 Å². The predicted octanol–water partition coefficient (Wildman–Crippen LogP) is 4.63. The fraction of sp³-hybridized carbons (Fsp3) is 0.400. The van der Waals surface area contributed by atoms with E-state index in [1.807, 2.05) is 30.3 Å². The number of carbonyl (C=O) groups is 1. The topological polar surface area (TPSA) is 83.0 Å². The van der Waals surface area contributed by atoms with Gasteiger partial charge in [-0.15, -0.1) is 24.8 Å². The number of aromatic amines is 1. The van der Waals surface area contributed by atoms with Gasteiger partial charge in [-0.05, 0) is 68.1 Å². The minimum Gasteiger partial charge on any atom is -0.461 e. The maximum Gasteiger partial charge on any atom is 0.224 e. The Morgan fingerprint density at radius 2 is 2.07 bits per heavy atom. The van der Waals surface area contributed by atoms with Gasteiger partial charge in [0.15, 0.2) is 11.6 Å². The number of nitrogens with zero attached hydrogens (tertiary/aromatic N) is 1. The van der Waals surface area contributed by atoms with Crippen molar-refractivity contribution in [3.8, 4) is 11.6 Å². The second kappa shape index (κ2) is 9.96. The number of carbonyl (C=O) groups excluding carboxylic acids is 1. The summed E-state index contributed by atoms with van der Waals surface area (Å²) in [4.78, 5) is 20.2. The molecule has 2 aromatic heterocycles. The van der Waals surface area contributed by atoms with Crippen LogP contribution in [0.2, 0.25) is 0 Å². The second-order valence-electron chi connectivity index (χ2n) is 7.11. The molecule has 1 aliphatic heterocycles. The molecule has 3 heterocycles. The van der Waals surface area contributed by atoms with Crippen molar-refractivity contribution in [2.24, 2.45) is 11.8 Å². The molecule has 0 radical (unpaired) electrons. The van der Waals surface area contributed by atoms with Crippen LogP contribution in [0.1, 0.15) is 26.2 Å². The molecule has 1 atom stereocenters. The summed E-state index contributed by atoms with van der Waals surface area (Å²) in [6.45, 7) is 4.31. The number of H-pyrrole nitrogens is 1. The van der Waals surface area contributed by atoms with Crippen LogP contribution in [-0.2, 0) is 4.79 Å². The second-order valence-corrected chi connectivity index (χ2v) is 7.11. The van der Waals surface area contributed by atoms with E-state index in [4.69, 9.17) is 4.42 Å². The summed E-state index contributed by atoms with van der Waals surface area (Å²) < 4.78 is 5.38. The number of piperidine rings is 1. The van der Waals surface area contributed by atoms with E-state index in [1.54, 1.807) is 6.26 Å². The molecule has 0 spiro atoms. The minimum absolute atomic E-state index is 0. The van der Waals surface area contributed by atoms with E-state index in [1.165, 1.54) is 0 Å². The number of rotatable bonds is 5. The van der Waals surface area contributed by atoms with Gasteiger partial charge in [0.25, 0.3) is 0 Å². The third-order valence-corrected chi connectivity index (χ3v) is 5.22. The Morgan fingerprint density at radius 3 is 2.79 bits per heavy atom. The van der Waals surface area contributed by atoms with Crippen LogP contribution in [-0.4, -0.2) is 29.0 Å². The van der Waals surface area contributed by atoms with Crippen LogP contribution in [0.4, 0.5) is 5.69 Å². The molecule has 3 aromatic rings. The minimum atomic E-state index is 0. The molecule has 0 aliphatic carbocycles. The number of hydrogen-bond donors (Lipinski definition) is 3. The molecule has 6 nitrogen and oxygen atoms in total. The summed E-state index contributed by atoms with van der Waals surface area (Å²) in [5.41, 5.74) is 2.51. The summed E-state index contributed by atoms with van der Waals surface area (Å²) in [7, 11) is 0. The molecule has 3 N–H and O–H groups in total. The quantitative estimate of drug-likeness (QED) is 0.557. The fourth-order valence-corrected chi connectivity index (χ4v) is 3.70. The number of aromatic nitrogens is 2. The average molecular weight is 425 g/mol. The number of nitrogens with one attached hydrogen (secondary N) is 3. The highest BCUT2D eigenvalue weighted by Crippen LogP contribution is 2.26. The number of amides is 1. The van der Waals surface area contributed by atoms with Crippen LogP contribution < -0.4 is 10.6 Å². The zero-order chi connectivity index (χ0) is 17.9. The maximum absolute atomic E-state index is 12.4. The van der Waals surface area contributed by atoms with Gasteiger partial charge in [0.2, 0.25) is 5.91 Å². The standard InChI is InChI=1S/C20H24N4O2.2ClH/c1-13(14-6-8-21-9-7-14)11-19(25)22-15-4-5-16-17(12-15)24-20(23-16)18-3-2-10-26-18;;/h2-5,10,12-14,21H,6-9,11H2,1H3,(H,22,25)(H,23,24);2*1H.